The van der Waals surface area contributed by atoms with Crippen LogP contribution in [-0.2, 0) is 10.1 Å². The zero-order valence-corrected chi connectivity index (χ0v) is 7.63. The van der Waals surface area contributed by atoms with Gasteiger partial charge in [0.05, 0.1) is 0 Å². The Bertz CT molecular complexity index is 328. The molecule has 56 valence electrons. The van der Waals surface area contributed by atoms with Gasteiger partial charge in [-0.05, 0) is 0 Å². The average Bonchev–Trinajstić information content (AvgIpc) is 2.11. The first-order valence-electron chi connectivity index (χ1n) is 2.40. The molecule has 10 heavy (non-hydrogen) atoms. The van der Waals surface area contributed by atoms with Gasteiger partial charge in [0.1, 0.15) is 0 Å². The van der Waals surface area contributed by atoms with Crippen molar-refractivity contribution >= 4 is 24.6 Å². The Hall–Kier alpha value is -0.161. The molecule has 0 saturated carbocycles. The molecule has 0 atom stereocenters. The van der Waals surface area contributed by atoms with E-state index in [2.05, 4.69) is 4.98 Å². The second-order valence-electron chi connectivity index (χ2n) is 1.67. The number of aryl methyl sites for hydroxylation is 1. The van der Waals surface area contributed by atoms with Crippen LogP contribution in [-0.4, -0.2) is 32.5 Å². The van der Waals surface area contributed by atoms with E-state index in [1.165, 1.54) is 6.20 Å². The van der Waals surface area contributed by atoms with Crippen molar-refractivity contribution < 1.29 is 13.0 Å². The van der Waals surface area contributed by atoms with Crippen LogP contribution < -0.4 is 0 Å². The SMILES string of the molecule is Cc1ncc(S(=O)(=O)O)[se]1. The maximum atomic E-state index is 10.4. The van der Waals surface area contributed by atoms with Crippen molar-refractivity contribution in [2.45, 2.75) is 10.7 Å². The second kappa shape index (κ2) is 2.47. The second-order valence-corrected chi connectivity index (χ2v) is 6.24. The Kier molecular flexibility index (Phi) is 1.96. The third-order valence-corrected chi connectivity index (χ3v) is 4.71. The molecule has 6 heteroatoms. The fourth-order valence-corrected chi connectivity index (χ4v) is 3.10. The minimum atomic E-state index is -3.96. The Morgan fingerprint density at radius 3 is 2.50 bits per heavy atom. The van der Waals surface area contributed by atoms with E-state index in [-0.39, 0.29) is 18.3 Å². The van der Waals surface area contributed by atoms with Gasteiger partial charge >= 0.3 is 64.0 Å². The van der Waals surface area contributed by atoms with Gasteiger partial charge in [-0.1, -0.05) is 0 Å². The Morgan fingerprint density at radius 2 is 2.30 bits per heavy atom. The van der Waals surface area contributed by atoms with Crippen LogP contribution in [0, 0.1) is 6.92 Å². The Balaban J connectivity index is 3.21. The number of hydrogen-bond acceptors (Lipinski definition) is 3. The van der Waals surface area contributed by atoms with Crippen LogP contribution in [0.25, 0.3) is 0 Å². The molecule has 0 amide bonds. The summed E-state index contributed by atoms with van der Waals surface area (Å²) in [6.45, 7) is 1.73. The van der Waals surface area contributed by atoms with E-state index in [1.54, 1.807) is 6.92 Å². The van der Waals surface area contributed by atoms with E-state index >= 15 is 0 Å². The van der Waals surface area contributed by atoms with Crippen molar-refractivity contribution in [3.05, 3.63) is 10.8 Å². The van der Waals surface area contributed by atoms with Gasteiger partial charge in [-0.25, -0.2) is 0 Å². The van der Waals surface area contributed by atoms with Crippen LogP contribution in [0.1, 0.15) is 4.57 Å². The molecule has 1 aromatic heterocycles. The Labute approximate surface area is 64.4 Å². The van der Waals surface area contributed by atoms with Crippen LogP contribution in [0.5, 0.6) is 0 Å². The molecular formula is C4H5NO3SSe. The third-order valence-electron chi connectivity index (χ3n) is 0.854. The van der Waals surface area contributed by atoms with Crippen LogP contribution >= 0.6 is 0 Å². The van der Waals surface area contributed by atoms with Gasteiger partial charge in [0, 0.05) is 0 Å². The van der Waals surface area contributed by atoms with Gasteiger partial charge in [-0.2, -0.15) is 0 Å². The normalized spacial score (nSPS) is 11.8. The first-order valence-corrected chi connectivity index (χ1v) is 5.55. The summed E-state index contributed by atoms with van der Waals surface area (Å²) in [4.78, 5) is 3.73. The Morgan fingerprint density at radius 1 is 1.70 bits per heavy atom. The number of aromatic nitrogens is 1. The number of nitrogens with zero attached hydrogens (tertiary/aromatic N) is 1. The maximum absolute atomic E-state index is 10.4. The van der Waals surface area contributed by atoms with Crippen LogP contribution in [0.3, 0.4) is 0 Å². The van der Waals surface area contributed by atoms with Gasteiger partial charge in [0.2, 0.25) is 0 Å². The van der Waals surface area contributed by atoms with Crippen molar-refractivity contribution in [3.63, 3.8) is 0 Å². The summed E-state index contributed by atoms with van der Waals surface area (Å²) in [5, 5.41) is 0. The molecule has 1 rings (SSSR count). The van der Waals surface area contributed by atoms with Gasteiger partial charge in [0.25, 0.3) is 0 Å². The molecule has 0 aromatic carbocycles. The van der Waals surface area contributed by atoms with Gasteiger partial charge in [-0.15, -0.1) is 0 Å². The molecule has 0 aliphatic carbocycles. The molecule has 0 aliphatic rings. The standard InChI is InChI=1S/C4H5NO3SSe/c1-3-5-2-4(10-3)9(6,7)8/h2H,1H3,(H,6,7,8). The molecule has 1 heterocycles. The minimum absolute atomic E-state index is 0.0394. The zero-order chi connectivity index (χ0) is 7.78. The quantitative estimate of drug-likeness (QED) is 0.527. The van der Waals surface area contributed by atoms with Crippen molar-refractivity contribution in [2.24, 2.45) is 0 Å². The van der Waals surface area contributed by atoms with Gasteiger partial charge in [0.15, 0.2) is 0 Å². The topological polar surface area (TPSA) is 67.3 Å². The third kappa shape index (κ3) is 1.67. The molecule has 4 nitrogen and oxygen atoms in total. The molecule has 0 fully saturated rings. The van der Waals surface area contributed by atoms with Crippen molar-refractivity contribution in [1.29, 1.82) is 0 Å². The van der Waals surface area contributed by atoms with Gasteiger partial charge < -0.3 is 0 Å². The zero-order valence-electron chi connectivity index (χ0n) is 5.10. The summed E-state index contributed by atoms with van der Waals surface area (Å²) in [7, 11) is -3.96. The summed E-state index contributed by atoms with van der Waals surface area (Å²) in [5.41, 5.74) is 0. The fraction of sp³-hybridized carbons (Fsp3) is 0.250. The number of hydrogen-bond donors (Lipinski definition) is 1. The monoisotopic (exact) mass is 227 g/mol. The molecule has 1 N–H and O–H groups in total. The molecule has 0 radical (unpaired) electrons. The molecular weight excluding hydrogens is 221 g/mol. The summed E-state index contributed by atoms with van der Waals surface area (Å²) in [5.74, 6) is 0. The summed E-state index contributed by atoms with van der Waals surface area (Å²) in [6.07, 6.45) is 1.20. The van der Waals surface area contributed by atoms with E-state index in [1.807, 2.05) is 0 Å². The summed E-state index contributed by atoms with van der Waals surface area (Å²) in [6, 6.07) is 0. The molecule has 0 saturated heterocycles. The predicted molar refractivity (Wildman–Crippen MR) is 35.7 cm³/mol. The van der Waals surface area contributed by atoms with Crippen LogP contribution in [0.2, 0.25) is 0 Å². The number of rotatable bonds is 1. The fourth-order valence-electron chi connectivity index (χ4n) is 0.461. The van der Waals surface area contributed by atoms with E-state index < -0.39 is 10.1 Å². The van der Waals surface area contributed by atoms with Crippen molar-refractivity contribution in [1.82, 2.24) is 4.98 Å². The van der Waals surface area contributed by atoms with E-state index in [0.29, 0.717) is 0 Å². The molecule has 0 unspecified atom stereocenters. The van der Waals surface area contributed by atoms with Gasteiger partial charge in [-0.3, -0.25) is 0 Å². The average molecular weight is 226 g/mol. The van der Waals surface area contributed by atoms with Crippen LogP contribution in [0.15, 0.2) is 9.97 Å². The van der Waals surface area contributed by atoms with Crippen molar-refractivity contribution in [2.75, 3.05) is 0 Å². The van der Waals surface area contributed by atoms with E-state index in [0.717, 1.165) is 4.57 Å². The predicted octanol–water partition coefficient (Wildman–Crippen LogP) is -0.306. The van der Waals surface area contributed by atoms with E-state index in [4.69, 9.17) is 4.55 Å². The van der Waals surface area contributed by atoms with E-state index in [9.17, 15) is 8.42 Å². The molecule has 0 bridgehead atoms. The first-order chi connectivity index (χ1) is 4.50. The first kappa shape index (κ1) is 7.94. The summed E-state index contributed by atoms with van der Waals surface area (Å²) >= 11 is -0.298. The van der Waals surface area contributed by atoms with Crippen LogP contribution in [0.4, 0.5) is 0 Å². The van der Waals surface area contributed by atoms with Crippen molar-refractivity contribution in [3.8, 4) is 0 Å². The summed E-state index contributed by atoms with van der Waals surface area (Å²) < 4.78 is 30.1. The molecule has 1 aromatic rings. The molecule has 0 spiro atoms. The molecule has 0 aliphatic heterocycles.